The van der Waals surface area contributed by atoms with Crippen molar-refractivity contribution in [3.8, 4) is 0 Å². The van der Waals surface area contributed by atoms with E-state index in [1.807, 2.05) is 7.05 Å². The molecule has 4 atom stereocenters. The van der Waals surface area contributed by atoms with Crippen molar-refractivity contribution in [2.45, 2.75) is 52.2 Å². The monoisotopic (exact) mass is 243 g/mol. The molecule has 3 heteroatoms. The van der Waals surface area contributed by atoms with E-state index in [2.05, 4.69) is 26.1 Å². The van der Waals surface area contributed by atoms with Gasteiger partial charge < -0.3 is 15.2 Å². The predicted molar refractivity (Wildman–Crippen MR) is 71.0 cm³/mol. The average Bonchev–Trinajstić information content (AvgIpc) is 2.26. The maximum Gasteiger partial charge on any atom is 0.0897 e. The lowest BCUT2D eigenvalue weighted by atomic mass is 9.75. The van der Waals surface area contributed by atoms with Crippen LogP contribution in [0.25, 0.3) is 0 Å². The van der Waals surface area contributed by atoms with E-state index in [9.17, 15) is 5.11 Å². The summed E-state index contributed by atoms with van der Waals surface area (Å²) >= 11 is 0. The van der Waals surface area contributed by atoms with E-state index in [4.69, 9.17) is 4.74 Å². The number of aliphatic hydroxyl groups is 1. The third-order valence-electron chi connectivity index (χ3n) is 3.90. The van der Waals surface area contributed by atoms with Crippen molar-refractivity contribution in [3.05, 3.63) is 0 Å². The first-order valence-corrected chi connectivity index (χ1v) is 6.98. The third kappa shape index (κ3) is 4.94. The Morgan fingerprint density at radius 2 is 2.06 bits per heavy atom. The van der Waals surface area contributed by atoms with Crippen LogP contribution in [0.5, 0.6) is 0 Å². The molecule has 1 aliphatic rings. The first-order chi connectivity index (χ1) is 8.04. The van der Waals surface area contributed by atoms with Gasteiger partial charge in [-0.3, -0.25) is 0 Å². The highest BCUT2D eigenvalue weighted by atomic mass is 16.5. The second-order valence-electron chi connectivity index (χ2n) is 5.91. The maximum absolute atomic E-state index is 9.68. The van der Waals surface area contributed by atoms with Gasteiger partial charge in [-0.15, -0.1) is 0 Å². The summed E-state index contributed by atoms with van der Waals surface area (Å²) in [5.41, 5.74) is 0. The van der Waals surface area contributed by atoms with Gasteiger partial charge in [-0.25, -0.2) is 0 Å². The number of hydrogen-bond donors (Lipinski definition) is 2. The van der Waals surface area contributed by atoms with E-state index in [0.717, 1.165) is 12.3 Å². The number of rotatable bonds is 6. The van der Waals surface area contributed by atoms with Gasteiger partial charge in [-0.2, -0.15) is 0 Å². The molecular weight excluding hydrogens is 214 g/mol. The van der Waals surface area contributed by atoms with E-state index in [1.54, 1.807) is 0 Å². The van der Waals surface area contributed by atoms with Crippen LogP contribution in [0.4, 0.5) is 0 Å². The van der Waals surface area contributed by atoms with Crippen molar-refractivity contribution in [2.24, 2.45) is 17.8 Å². The third-order valence-corrected chi connectivity index (χ3v) is 3.90. The number of nitrogens with one attached hydrogen (secondary N) is 1. The Kier molecular flexibility index (Phi) is 6.45. The molecule has 1 aliphatic carbocycles. The fraction of sp³-hybridized carbons (Fsp3) is 1.00. The van der Waals surface area contributed by atoms with Crippen LogP contribution < -0.4 is 5.32 Å². The van der Waals surface area contributed by atoms with E-state index < -0.39 is 0 Å². The van der Waals surface area contributed by atoms with Gasteiger partial charge in [-0.05, 0) is 37.6 Å². The molecule has 0 aromatic heterocycles. The van der Waals surface area contributed by atoms with Crippen molar-refractivity contribution in [2.75, 3.05) is 20.2 Å². The first kappa shape index (κ1) is 14.9. The lowest BCUT2D eigenvalue weighted by molar-refractivity contribution is -0.0680. The molecule has 102 valence electrons. The van der Waals surface area contributed by atoms with E-state index >= 15 is 0 Å². The van der Waals surface area contributed by atoms with Crippen molar-refractivity contribution >= 4 is 0 Å². The molecule has 0 heterocycles. The highest BCUT2D eigenvalue weighted by molar-refractivity contribution is 4.81. The maximum atomic E-state index is 9.68. The zero-order valence-electron chi connectivity index (χ0n) is 11.8. The zero-order chi connectivity index (χ0) is 12.8. The lowest BCUT2D eigenvalue weighted by Crippen LogP contribution is -2.37. The van der Waals surface area contributed by atoms with Gasteiger partial charge in [-0.1, -0.05) is 27.2 Å². The fourth-order valence-corrected chi connectivity index (χ4v) is 2.84. The summed E-state index contributed by atoms with van der Waals surface area (Å²) in [5.74, 6) is 2.10. The Morgan fingerprint density at radius 3 is 2.65 bits per heavy atom. The summed E-state index contributed by atoms with van der Waals surface area (Å²) in [6.07, 6.45) is 3.69. The van der Waals surface area contributed by atoms with Crippen LogP contribution >= 0.6 is 0 Å². The molecule has 1 fully saturated rings. The molecule has 0 aromatic carbocycles. The zero-order valence-corrected chi connectivity index (χ0v) is 11.8. The lowest BCUT2D eigenvalue weighted by Gasteiger charge is -2.37. The summed E-state index contributed by atoms with van der Waals surface area (Å²) in [5, 5.41) is 12.7. The molecule has 17 heavy (non-hydrogen) atoms. The molecule has 2 N–H and O–H groups in total. The van der Waals surface area contributed by atoms with Crippen LogP contribution in [0, 0.1) is 17.8 Å². The highest BCUT2D eigenvalue weighted by Gasteiger charge is 2.31. The molecule has 4 unspecified atom stereocenters. The number of aliphatic hydroxyl groups excluding tert-OH is 1. The molecule has 0 radical (unpaired) electrons. The van der Waals surface area contributed by atoms with Crippen LogP contribution in [-0.2, 0) is 4.74 Å². The van der Waals surface area contributed by atoms with Crippen molar-refractivity contribution < 1.29 is 9.84 Å². The Labute approximate surface area is 106 Å². The van der Waals surface area contributed by atoms with Crippen molar-refractivity contribution in [1.29, 1.82) is 0 Å². The normalized spacial score (nSPS) is 31.8. The summed E-state index contributed by atoms with van der Waals surface area (Å²) in [6.45, 7) is 7.93. The molecule has 1 rings (SSSR count). The fourth-order valence-electron chi connectivity index (χ4n) is 2.84. The molecule has 0 bridgehead atoms. The summed E-state index contributed by atoms with van der Waals surface area (Å²) in [4.78, 5) is 0. The van der Waals surface area contributed by atoms with Crippen LogP contribution in [0.15, 0.2) is 0 Å². The summed E-state index contributed by atoms with van der Waals surface area (Å²) in [7, 11) is 1.85. The minimum atomic E-state index is -0.384. The summed E-state index contributed by atoms with van der Waals surface area (Å²) in [6, 6.07) is 0. The Hall–Kier alpha value is -0.120. The molecule has 0 amide bonds. The van der Waals surface area contributed by atoms with E-state index in [-0.39, 0.29) is 6.10 Å². The van der Waals surface area contributed by atoms with Gasteiger partial charge in [0.05, 0.1) is 18.8 Å². The van der Waals surface area contributed by atoms with Gasteiger partial charge in [0, 0.05) is 6.54 Å². The highest BCUT2D eigenvalue weighted by Crippen LogP contribution is 2.35. The van der Waals surface area contributed by atoms with Crippen molar-refractivity contribution in [3.63, 3.8) is 0 Å². The topological polar surface area (TPSA) is 41.5 Å². The standard InChI is InChI=1S/C14H29NO2/c1-10(2)13-6-5-11(3)7-14(13)17-9-12(16)8-15-4/h10-16H,5-9H2,1-4H3. The smallest absolute Gasteiger partial charge is 0.0897 e. The molecule has 0 saturated heterocycles. The predicted octanol–water partition coefficient (Wildman–Crippen LogP) is 2.04. The number of likely N-dealkylation sites (N-methyl/N-ethyl adjacent to an activating group) is 1. The van der Waals surface area contributed by atoms with Crippen LogP contribution in [0.1, 0.15) is 40.0 Å². The van der Waals surface area contributed by atoms with Crippen LogP contribution in [0.2, 0.25) is 0 Å². The largest absolute Gasteiger partial charge is 0.389 e. The Balaban J connectivity index is 2.41. The molecule has 0 aromatic rings. The van der Waals surface area contributed by atoms with Gasteiger partial charge >= 0.3 is 0 Å². The van der Waals surface area contributed by atoms with Crippen LogP contribution in [-0.4, -0.2) is 37.5 Å². The number of hydrogen-bond acceptors (Lipinski definition) is 3. The molecule has 0 aliphatic heterocycles. The Morgan fingerprint density at radius 1 is 1.35 bits per heavy atom. The molecular formula is C14H29NO2. The summed E-state index contributed by atoms with van der Waals surface area (Å²) < 4.78 is 5.95. The quantitative estimate of drug-likeness (QED) is 0.750. The molecule has 3 nitrogen and oxygen atoms in total. The first-order valence-electron chi connectivity index (χ1n) is 6.98. The van der Waals surface area contributed by atoms with Gasteiger partial charge in [0.15, 0.2) is 0 Å². The average molecular weight is 243 g/mol. The van der Waals surface area contributed by atoms with Gasteiger partial charge in [0.2, 0.25) is 0 Å². The van der Waals surface area contributed by atoms with Crippen LogP contribution in [0.3, 0.4) is 0 Å². The second kappa shape index (κ2) is 7.34. The molecule has 0 spiro atoms. The SMILES string of the molecule is CNCC(O)COC1CC(C)CCC1C(C)C. The minimum Gasteiger partial charge on any atom is -0.389 e. The van der Waals surface area contributed by atoms with E-state index in [1.165, 1.54) is 12.8 Å². The van der Waals surface area contributed by atoms with E-state index in [0.29, 0.717) is 31.1 Å². The van der Waals surface area contributed by atoms with Crippen molar-refractivity contribution in [1.82, 2.24) is 5.32 Å². The Bertz CT molecular complexity index is 208. The van der Waals surface area contributed by atoms with Gasteiger partial charge in [0.1, 0.15) is 0 Å². The second-order valence-corrected chi connectivity index (χ2v) is 5.91. The number of ether oxygens (including phenoxy) is 1. The van der Waals surface area contributed by atoms with Gasteiger partial charge in [0.25, 0.3) is 0 Å². The molecule has 1 saturated carbocycles. The minimum absolute atomic E-state index is 0.338.